The minimum Gasteiger partial charge on any atom is -0.461 e. The number of benzene rings is 2. The molecular formula is C19H20N2O2. The highest BCUT2D eigenvalue weighted by Gasteiger charge is 2.07. The Kier molecular flexibility index (Phi) is 6.34. The fourth-order valence-electron chi connectivity index (χ4n) is 2.17. The van der Waals surface area contributed by atoms with Crippen molar-refractivity contribution in [3.63, 3.8) is 0 Å². The maximum atomic E-state index is 11.9. The maximum absolute atomic E-state index is 11.9. The van der Waals surface area contributed by atoms with Gasteiger partial charge in [-0.25, -0.2) is 4.79 Å². The van der Waals surface area contributed by atoms with E-state index in [0.29, 0.717) is 18.7 Å². The molecule has 2 aromatic carbocycles. The minimum atomic E-state index is -0.332. The zero-order valence-electron chi connectivity index (χ0n) is 13.2. The standard InChI is InChI=1S/C19H20N2O2/c1-21(12-11-20)13-14-23-19(22)18-9-7-17(8-10-18)15-16-5-3-2-4-6-16/h2-10H,12-15H2,1H3. The van der Waals surface area contributed by atoms with Crippen LogP contribution in [-0.2, 0) is 11.2 Å². The van der Waals surface area contributed by atoms with Crippen molar-refractivity contribution in [1.29, 1.82) is 5.26 Å². The van der Waals surface area contributed by atoms with Crippen molar-refractivity contribution in [3.05, 3.63) is 71.3 Å². The predicted molar refractivity (Wildman–Crippen MR) is 89.1 cm³/mol. The van der Waals surface area contributed by atoms with E-state index >= 15 is 0 Å². The van der Waals surface area contributed by atoms with Gasteiger partial charge in [-0.2, -0.15) is 5.26 Å². The Morgan fingerprint density at radius 1 is 1.09 bits per heavy atom. The van der Waals surface area contributed by atoms with E-state index in [0.717, 1.165) is 12.0 Å². The van der Waals surface area contributed by atoms with E-state index in [9.17, 15) is 4.79 Å². The maximum Gasteiger partial charge on any atom is 0.338 e. The average molecular weight is 308 g/mol. The molecule has 0 aliphatic rings. The quantitative estimate of drug-likeness (QED) is 0.583. The molecule has 4 nitrogen and oxygen atoms in total. The van der Waals surface area contributed by atoms with Gasteiger partial charge >= 0.3 is 5.97 Å². The van der Waals surface area contributed by atoms with Gasteiger partial charge in [0.25, 0.3) is 0 Å². The van der Waals surface area contributed by atoms with Gasteiger partial charge in [-0.15, -0.1) is 0 Å². The summed E-state index contributed by atoms with van der Waals surface area (Å²) in [6, 6.07) is 19.7. The van der Waals surface area contributed by atoms with Crippen molar-refractivity contribution in [2.24, 2.45) is 0 Å². The number of carbonyl (C=O) groups is 1. The van der Waals surface area contributed by atoms with Crippen molar-refractivity contribution in [2.45, 2.75) is 6.42 Å². The molecule has 0 atom stereocenters. The highest BCUT2D eigenvalue weighted by molar-refractivity contribution is 5.89. The lowest BCUT2D eigenvalue weighted by atomic mass is 10.0. The minimum absolute atomic E-state index is 0.281. The summed E-state index contributed by atoms with van der Waals surface area (Å²) >= 11 is 0. The molecule has 0 bridgehead atoms. The van der Waals surface area contributed by atoms with Crippen LogP contribution in [0.25, 0.3) is 0 Å². The average Bonchev–Trinajstić information content (AvgIpc) is 2.56. The van der Waals surface area contributed by atoms with E-state index in [2.05, 4.69) is 12.1 Å². The fourth-order valence-corrected chi connectivity index (χ4v) is 2.17. The first kappa shape index (κ1) is 16.7. The monoisotopic (exact) mass is 308 g/mol. The lowest BCUT2D eigenvalue weighted by molar-refractivity contribution is 0.0478. The molecule has 0 heterocycles. The topological polar surface area (TPSA) is 53.3 Å². The summed E-state index contributed by atoms with van der Waals surface area (Å²) in [5, 5.41) is 8.56. The van der Waals surface area contributed by atoms with Crippen LogP contribution in [0.4, 0.5) is 0 Å². The third kappa shape index (κ3) is 5.57. The van der Waals surface area contributed by atoms with Crippen LogP contribution >= 0.6 is 0 Å². The van der Waals surface area contributed by atoms with Gasteiger partial charge in [0.05, 0.1) is 18.2 Å². The smallest absolute Gasteiger partial charge is 0.338 e. The van der Waals surface area contributed by atoms with Crippen molar-refractivity contribution in [1.82, 2.24) is 4.90 Å². The summed E-state index contributed by atoms with van der Waals surface area (Å²) in [5.74, 6) is -0.332. The molecule has 0 amide bonds. The molecule has 0 N–H and O–H groups in total. The number of hydrogen-bond acceptors (Lipinski definition) is 4. The summed E-state index contributed by atoms with van der Waals surface area (Å²) in [4.78, 5) is 13.7. The molecule has 0 unspecified atom stereocenters. The van der Waals surface area contributed by atoms with Crippen LogP contribution in [0.2, 0.25) is 0 Å². The van der Waals surface area contributed by atoms with Gasteiger partial charge in [0.2, 0.25) is 0 Å². The molecular weight excluding hydrogens is 288 g/mol. The highest BCUT2D eigenvalue weighted by atomic mass is 16.5. The molecule has 0 fully saturated rings. The van der Waals surface area contributed by atoms with E-state index in [1.807, 2.05) is 43.4 Å². The van der Waals surface area contributed by atoms with Crippen molar-refractivity contribution < 1.29 is 9.53 Å². The molecule has 4 heteroatoms. The molecule has 0 aliphatic carbocycles. The summed E-state index contributed by atoms with van der Waals surface area (Å²) in [6.07, 6.45) is 0.842. The zero-order chi connectivity index (χ0) is 16.5. The van der Waals surface area contributed by atoms with Crippen LogP contribution in [0.15, 0.2) is 54.6 Å². The number of esters is 1. The third-order valence-corrected chi connectivity index (χ3v) is 3.49. The van der Waals surface area contributed by atoms with Gasteiger partial charge in [-0.3, -0.25) is 4.90 Å². The molecule has 0 spiro atoms. The fraction of sp³-hybridized carbons (Fsp3) is 0.263. The Morgan fingerprint density at radius 3 is 2.39 bits per heavy atom. The number of hydrogen-bond donors (Lipinski definition) is 0. The summed E-state index contributed by atoms with van der Waals surface area (Å²) in [6.45, 7) is 1.15. The lowest BCUT2D eigenvalue weighted by Crippen LogP contribution is -2.24. The summed E-state index contributed by atoms with van der Waals surface area (Å²) < 4.78 is 5.21. The second-order valence-corrected chi connectivity index (χ2v) is 5.39. The third-order valence-electron chi connectivity index (χ3n) is 3.49. The number of ether oxygens (including phenoxy) is 1. The lowest BCUT2D eigenvalue weighted by Gasteiger charge is -2.12. The van der Waals surface area contributed by atoms with E-state index in [1.165, 1.54) is 5.56 Å². The van der Waals surface area contributed by atoms with E-state index < -0.39 is 0 Å². The Morgan fingerprint density at radius 2 is 1.74 bits per heavy atom. The van der Waals surface area contributed by atoms with E-state index in [4.69, 9.17) is 10.00 Å². The Balaban J connectivity index is 1.84. The zero-order valence-corrected chi connectivity index (χ0v) is 13.2. The molecule has 2 rings (SSSR count). The Labute approximate surface area is 136 Å². The molecule has 0 aliphatic heterocycles. The Bertz CT molecular complexity index is 660. The van der Waals surface area contributed by atoms with Gasteiger partial charge in [-0.1, -0.05) is 42.5 Å². The molecule has 118 valence electrons. The number of carbonyl (C=O) groups excluding carboxylic acids is 1. The first-order chi connectivity index (χ1) is 11.2. The highest BCUT2D eigenvalue weighted by Crippen LogP contribution is 2.11. The summed E-state index contributed by atoms with van der Waals surface area (Å²) in [7, 11) is 1.81. The first-order valence-corrected chi connectivity index (χ1v) is 7.54. The van der Waals surface area contributed by atoms with Crippen LogP contribution in [0.5, 0.6) is 0 Å². The van der Waals surface area contributed by atoms with Crippen molar-refractivity contribution in [2.75, 3.05) is 26.7 Å². The number of likely N-dealkylation sites (N-methyl/N-ethyl adjacent to an activating group) is 1. The molecule has 0 saturated carbocycles. The first-order valence-electron chi connectivity index (χ1n) is 7.54. The second-order valence-electron chi connectivity index (χ2n) is 5.39. The van der Waals surface area contributed by atoms with E-state index in [-0.39, 0.29) is 12.6 Å². The number of nitriles is 1. The van der Waals surface area contributed by atoms with Gasteiger partial charge in [0.1, 0.15) is 6.61 Å². The van der Waals surface area contributed by atoms with Crippen molar-refractivity contribution >= 4 is 5.97 Å². The molecule has 0 radical (unpaired) electrons. The van der Waals surface area contributed by atoms with Crippen LogP contribution in [0.3, 0.4) is 0 Å². The van der Waals surface area contributed by atoms with E-state index in [1.54, 1.807) is 17.0 Å². The summed E-state index contributed by atoms with van der Waals surface area (Å²) in [5.41, 5.74) is 2.94. The predicted octanol–water partition coefficient (Wildman–Crippen LogP) is 2.89. The largest absolute Gasteiger partial charge is 0.461 e. The van der Waals surface area contributed by atoms with Crippen LogP contribution in [-0.4, -0.2) is 37.6 Å². The number of nitrogens with zero attached hydrogens (tertiary/aromatic N) is 2. The molecule has 0 aromatic heterocycles. The Hall–Kier alpha value is -2.64. The van der Waals surface area contributed by atoms with Gasteiger partial charge in [0.15, 0.2) is 0 Å². The van der Waals surface area contributed by atoms with Crippen LogP contribution < -0.4 is 0 Å². The van der Waals surface area contributed by atoms with Gasteiger partial charge in [0, 0.05) is 6.54 Å². The van der Waals surface area contributed by atoms with Gasteiger partial charge < -0.3 is 4.74 Å². The normalized spacial score (nSPS) is 10.3. The molecule has 23 heavy (non-hydrogen) atoms. The van der Waals surface area contributed by atoms with Crippen molar-refractivity contribution in [3.8, 4) is 6.07 Å². The second kappa shape index (κ2) is 8.72. The SMILES string of the molecule is CN(CC#N)CCOC(=O)c1ccc(Cc2ccccc2)cc1. The van der Waals surface area contributed by atoms with Crippen LogP contribution in [0.1, 0.15) is 21.5 Å². The van der Waals surface area contributed by atoms with Gasteiger partial charge in [-0.05, 0) is 36.7 Å². The number of rotatable bonds is 7. The molecule has 2 aromatic rings. The van der Waals surface area contributed by atoms with Crippen LogP contribution in [0, 0.1) is 11.3 Å². The molecule has 0 saturated heterocycles.